The first-order valence-corrected chi connectivity index (χ1v) is 11.3. The molecule has 0 aromatic heterocycles. The number of hydrogen-bond acceptors (Lipinski definition) is 7. The van der Waals surface area contributed by atoms with Crippen LogP contribution in [-0.2, 0) is 16.1 Å². The van der Waals surface area contributed by atoms with E-state index >= 15 is 0 Å². The molecule has 0 amide bonds. The van der Waals surface area contributed by atoms with Gasteiger partial charge in [0.25, 0.3) is 0 Å². The van der Waals surface area contributed by atoms with Crippen LogP contribution in [0.3, 0.4) is 0 Å². The number of carbonyl (C=O) groups is 2. The molecule has 1 aliphatic carbocycles. The summed E-state index contributed by atoms with van der Waals surface area (Å²) in [6.45, 7) is 0.405. The van der Waals surface area contributed by atoms with E-state index in [1.54, 1.807) is 0 Å². The molecule has 0 spiro atoms. The third kappa shape index (κ3) is 10.1. The van der Waals surface area contributed by atoms with Crippen molar-refractivity contribution in [2.24, 2.45) is 0 Å². The number of thiol groups is 1. The van der Waals surface area contributed by atoms with E-state index < -0.39 is 18.0 Å². The molecule has 29 heavy (non-hydrogen) atoms. The second kappa shape index (κ2) is 13.5. The molecule has 0 bridgehead atoms. The summed E-state index contributed by atoms with van der Waals surface area (Å²) in [6, 6.07) is 3.60. The maximum atomic E-state index is 10.2. The summed E-state index contributed by atoms with van der Waals surface area (Å²) < 4.78 is 1.95. The van der Waals surface area contributed by atoms with Crippen LogP contribution in [-0.4, -0.2) is 57.7 Å². The highest BCUT2D eigenvalue weighted by Gasteiger charge is 2.19. The first-order chi connectivity index (χ1) is 13.6. The van der Waals surface area contributed by atoms with Crippen LogP contribution < -0.4 is 16.4 Å². The largest absolute Gasteiger partial charge is 0.480 e. The summed E-state index contributed by atoms with van der Waals surface area (Å²) in [5.41, 5.74) is 7.93. The van der Waals surface area contributed by atoms with Gasteiger partial charge in [0.05, 0.1) is 18.3 Å². The van der Waals surface area contributed by atoms with E-state index in [4.69, 9.17) is 15.9 Å². The van der Waals surface area contributed by atoms with Crippen LogP contribution in [0.4, 0.5) is 5.69 Å². The lowest BCUT2D eigenvalue weighted by atomic mass is 9.93. The van der Waals surface area contributed by atoms with Crippen molar-refractivity contribution in [3.05, 3.63) is 26.6 Å². The molecular formula is C18H27Br2N3O5S. The van der Waals surface area contributed by atoms with E-state index in [1.165, 1.54) is 0 Å². The molecule has 1 aromatic rings. The van der Waals surface area contributed by atoms with Gasteiger partial charge in [-0.1, -0.05) is 15.9 Å². The van der Waals surface area contributed by atoms with Gasteiger partial charge in [0.1, 0.15) is 6.04 Å². The normalized spacial score (nSPS) is 19.7. The smallest absolute Gasteiger partial charge is 0.321 e. The second-order valence-corrected chi connectivity index (χ2v) is 8.83. The third-order valence-corrected chi connectivity index (χ3v) is 5.92. The Labute approximate surface area is 192 Å². The summed E-state index contributed by atoms with van der Waals surface area (Å²) in [5.74, 6) is -2.11. The molecular weight excluding hydrogens is 530 g/mol. The minimum absolute atomic E-state index is 0.0720. The maximum absolute atomic E-state index is 10.2. The number of carboxylic acids is 2. The molecule has 8 nitrogen and oxygen atoms in total. The lowest BCUT2D eigenvalue weighted by Crippen LogP contribution is -2.40. The Morgan fingerprint density at radius 3 is 2.34 bits per heavy atom. The summed E-state index contributed by atoms with van der Waals surface area (Å²) in [4.78, 5) is 20.2. The van der Waals surface area contributed by atoms with Gasteiger partial charge in [-0.15, -0.1) is 0 Å². The molecule has 1 aliphatic rings. The van der Waals surface area contributed by atoms with Crippen molar-refractivity contribution in [2.45, 2.75) is 50.4 Å². The van der Waals surface area contributed by atoms with Crippen molar-refractivity contribution in [2.75, 3.05) is 18.0 Å². The first-order valence-electron chi connectivity index (χ1n) is 9.07. The highest BCUT2D eigenvalue weighted by atomic mass is 79.9. The van der Waals surface area contributed by atoms with Crippen LogP contribution in [0.25, 0.3) is 0 Å². The number of rotatable bonds is 8. The molecule has 2 rings (SSSR count). The Kier molecular flexibility index (Phi) is 12.1. The Bertz CT molecular complexity index is 688. The van der Waals surface area contributed by atoms with Crippen molar-refractivity contribution in [3.63, 3.8) is 0 Å². The Balaban J connectivity index is 0.000000331. The van der Waals surface area contributed by atoms with Gasteiger partial charge < -0.3 is 26.4 Å². The van der Waals surface area contributed by atoms with Crippen LogP contribution >= 0.6 is 44.5 Å². The third-order valence-electron chi connectivity index (χ3n) is 4.44. The van der Waals surface area contributed by atoms with Gasteiger partial charge >= 0.3 is 11.9 Å². The summed E-state index contributed by atoms with van der Waals surface area (Å²) in [7, 11) is 0. The van der Waals surface area contributed by atoms with Crippen molar-refractivity contribution < 1.29 is 24.9 Å². The van der Waals surface area contributed by atoms with Gasteiger partial charge in [0, 0.05) is 27.3 Å². The SMILES string of the molecule is Nc1c(Br)cc(Br)cc1CN[C@H]1CC[C@H](O)CC1.O=C(O)CNC(CS)C(=O)O. The fourth-order valence-corrected chi connectivity index (χ4v) is 4.36. The standard InChI is InChI=1S/C13H18Br2N2O.C5H9NO4S/c14-9-5-8(13(16)12(15)6-9)7-17-10-1-3-11(18)4-2-10;7-4(8)1-6-3(2-11)5(9)10/h5-6,10-11,17-18H,1-4,7,16H2;3,6,11H,1-2H2,(H,7,8)(H,9,10)/t10-,11-;. The van der Waals surface area contributed by atoms with Gasteiger partial charge in [-0.2, -0.15) is 12.6 Å². The fraction of sp³-hybridized carbons (Fsp3) is 0.556. The number of benzene rings is 1. The van der Waals surface area contributed by atoms with Crippen LogP contribution in [0, 0.1) is 0 Å². The average Bonchev–Trinajstić information content (AvgIpc) is 2.65. The molecule has 0 radical (unpaired) electrons. The summed E-state index contributed by atoms with van der Waals surface area (Å²) >= 11 is 10.7. The van der Waals surface area contributed by atoms with Crippen LogP contribution in [0.1, 0.15) is 31.2 Å². The second-order valence-electron chi connectivity index (χ2n) is 6.69. The molecule has 7 N–H and O–H groups in total. The van der Waals surface area contributed by atoms with Crippen molar-refractivity contribution in [3.8, 4) is 0 Å². The fourth-order valence-electron chi connectivity index (χ4n) is 2.76. The van der Waals surface area contributed by atoms with E-state index in [0.717, 1.165) is 52.4 Å². The van der Waals surface area contributed by atoms with Crippen LogP contribution in [0.2, 0.25) is 0 Å². The number of nitrogens with one attached hydrogen (secondary N) is 2. The molecule has 1 unspecified atom stereocenters. The molecule has 164 valence electrons. The molecule has 11 heteroatoms. The number of halogens is 2. The molecule has 0 saturated heterocycles. The average molecular weight is 557 g/mol. The molecule has 1 saturated carbocycles. The number of aliphatic carboxylic acids is 2. The zero-order valence-corrected chi connectivity index (χ0v) is 19.8. The van der Waals surface area contributed by atoms with Crippen LogP contribution in [0.5, 0.6) is 0 Å². The lowest BCUT2D eigenvalue weighted by Gasteiger charge is -2.26. The number of anilines is 1. The molecule has 1 atom stereocenters. The lowest BCUT2D eigenvalue weighted by molar-refractivity contribution is -0.139. The van der Waals surface area contributed by atoms with E-state index in [9.17, 15) is 14.7 Å². The predicted octanol–water partition coefficient (Wildman–Crippen LogP) is 2.23. The van der Waals surface area contributed by atoms with Gasteiger partial charge in [0.2, 0.25) is 0 Å². The molecule has 0 heterocycles. The zero-order valence-electron chi connectivity index (χ0n) is 15.8. The van der Waals surface area contributed by atoms with E-state index in [0.29, 0.717) is 6.04 Å². The van der Waals surface area contributed by atoms with Crippen molar-refractivity contribution >= 4 is 62.1 Å². The van der Waals surface area contributed by atoms with Crippen molar-refractivity contribution in [1.29, 1.82) is 0 Å². The number of aliphatic hydroxyl groups is 1. The van der Waals surface area contributed by atoms with Crippen molar-refractivity contribution in [1.82, 2.24) is 10.6 Å². The quantitative estimate of drug-likeness (QED) is 0.191. The zero-order chi connectivity index (χ0) is 22.0. The first kappa shape index (κ1) is 26.2. The van der Waals surface area contributed by atoms with E-state index in [1.807, 2.05) is 12.1 Å². The topological polar surface area (TPSA) is 145 Å². The Morgan fingerprint density at radius 1 is 1.21 bits per heavy atom. The monoisotopic (exact) mass is 555 g/mol. The number of nitrogen functional groups attached to an aromatic ring is 1. The maximum Gasteiger partial charge on any atom is 0.321 e. The number of carboxylic acid groups (broad SMARTS) is 2. The number of hydrogen-bond donors (Lipinski definition) is 7. The summed E-state index contributed by atoms with van der Waals surface area (Å²) in [5, 5.41) is 31.8. The molecule has 1 aromatic carbocycles. The van der Waals surface area contributed by atoms with Gasteiger partial charge in [0.15, 0.2) is 0 Å². The van der Waals surface area contributed by atoms with E-state index in [-0.39, 0.29) is 18.4 Å². The number of aliphatic hydroxyl groups excluding tert-OH is 1. The van der Waals surface area contributed by atoms with Gasteiger partial charge in [-0.3, -0.25) is 14.9 Å². The number of nitrogens with two attached hydrogens (primary N) is 1. The minimum Gasteiger partial charge on any atom is -0.480 e. The van der Waals surface area contributed by atoms with E-state index in [2.05, 4.69) is 55.1 Å². The Morgan fingerprint density at radius 2 is 1.83 bits per heavy atom. The highest BCUT2D eigenvalue weighted by molar-refractivity contribution is 9.11. The Hall–Kier alpha value is -0.850. The molecule has 0 aliphatic heterocycles. The molecule has 1 fully saturated rings. The minimum atomic E-state index is -1.10. The summed E-state index contributed by atoms with van der Waals surface area (Å²) in [6.07, 6.45) is 3.77. The van der Waals surface area contributed by atoms with Gasteiger partial charge in [-0.05, 0) is 59.3 Å². The van der Waals surface area contributed by atoms with Crippen LogP contribution in [0.15, 0.2) is 21.1 Å². The van der Waals surface area contributed by atoms with Gasteiger partial charge in [-0.25, -0.2) is 0 Å². The predicted molar refractivity (Wildman–Crippen MR) is 122 cm³/mol. The highest BCUT2D eigenvalue weighted by Crippen LogP contribution is 2.28.